The van der Waals surface area contributed by atoms with Crippen LogP contribution in [0.3, 0.4) is 0 Å². The molecular formula is C9H8BrF2NO. The minimum Gasteiger partial charge on any atom is -0.316 e. The average molecular weight is 264 g/mol. The lowest BCUT2D eigenvalue weighted by molar-refractivity contribution is -0.116. The zero-order valence-corrected chi connectivity index (χ0v) is 9.23. The van der Waals surface area contributed by atoms with E-state index in [1.165, 1.54) is 18.9 Å². The fraction of sp³-hybridized carbons (Fsp3) is 0.222. The Kier molecular flexibility index (Phi) is 3.21. The summed E-state index contributed by atoms with van der Waals surface area (Å²) in [6.45, 7) is 1.32. The van der Waals surface area contributed by atoms with Crippen LogP contribution < -0.4 is 4.90 Å². The molecule has 0 bridgehead atoms. The van der Waals surface area contributed by atoms with Crippen molar-refractivity contribution >= 4 is 27.5 Å². The van der Waals surface area contributed by atoms with Gasteiger partial charge in [-0.1, -0.05) is 0 Å². The molecule has 0 unspecified atom stereocenters. The van der Waals surface area contributed by atoms with Crippen molar-refractivity contribution in [2.75, 3.05) is 11.9 Å². The van der Waals surface area contributed by atoms with E-state index in [1.54, 1.807) is 0 Å². The van der Waals surface area contributed by atoms with Gasteiger partial charge in [0.25, 0.3) is 0 Å². The third kappa shape index (κ3) is 2.09. The van der Waals surface area contributed by atoms with Gasteiger partial charge in [0, 0.05) is 19.7 Å². The molecule has 0 aliphatic heterocycles. The van der Waals surface area contributed by atoms with Gasteiger partial charge in [-0.2, -0.15) is 0 Å². The van der Waals surface area contributed by atoms with Gasteiger partial charge in [-0.05, 0) is 28.1 Å². The Balaban J connectivity index is 3.19. The fourth-order valence-electron chi connectivity index (χ4n) is 0.918. The summed E-state index contributed by atoms with van der Waals surface area (Å²) in [7, 11) is 1.45. The summed E-state index contributed by atoms with van der Waals surface area (Å²) in [5, 5.41) is 0. The summed E-state index contributed by atoms with van der Waals surface area (Å²) < 4.78 is 25.9. The van der Waals surface area contributed by atoms with Crippen LogP contribution in [0.25, 0.3) is 0 Å². The first-order chi connectivity index (χ1) is 6.43. The van der Waals surface area contributed by atoms with Gasteiger partial charge in [0.15, 0.2) is 0 Å². The summed E-state index contributed by atoms with van der Waals surface area (Å²) in [5.41, 5.74) is 0.190. The molecule has 76 valence electrons. The van der Waals surface area contributed by atoms with Gasteiger partial charge >= 0.3 is 0 Å². The van der Waals surface area contributed by atoms with Crippen LogP contribution in [0.2, 0.25) is 0 Å². The standard InChI is InChI=1S/C9H8BrF2NO/c1-5(14)13(2)6-3-7(11)9(10)8(12)4-6/h3-4H,1-2H3. The number of nitrogens with zero attached hydrogens (tertiary/aromatic N) is 1. The molecule has 0 fully saturated rings. The van der Waals surface area contributed by atoms with Crippen LogP contribution in [0.15, 0.2) is 16.6 Å². The second-order valence-electron chi connectivity index (χ2n) is 2.80. The van der Waals surface area contributed by atoms with Gasteiger partial charge in [0.2, 0.25) is 5.91 Å². The molecule has 2 nitrogen and oxygen atoms in total. The molecule has 1 aromatic carbocycles. The molecule has 0 saturated heterocycles. The number of hydrogen-bond donors (Lipinski definition) is 0. The largest absolute Gasteiger partial charge is 0.316 e. The molecule has 0 aliphatic carbocycles. The molecule has 0 atom stereocenters. The molecule has 0 saturated carbocycles. The van der Waals surface area contributed by atoms with Crippen molar-refractivity contribution in [1.82, 2.24) is 0 Å². The van der Waals surface area contributed by atoms with Crippen molar-refractivity contribution in [3.8, 4) is 0 Å². The highest BCUT2D eigenvalue weighted by molar-refractivity contribution is 9.10. The van der Waals surface area contributed by atoms with Crippen LogP contribution >= 0.6 is 15.9 Å². The third-order valence-electron chi connectivity index (χ3n) is 1.83. The van der Waals surface area contributed by atoms with Crippen LogP contribution in [0, 0.1) is 11.6 Å². The quantitative estimate of drug-likeness (QED) is 0.714. The predicted octanol–water partition coefficient (Wildman–Crippen LogP) is 2.71. The van der Waals surface area contributed by atoms with E-state index in [0.29, 0.717) is 0 Å². The van der Waals surface area contributed by atoms with Gasteiger partial charge in [-0.3, -0.25) is 4.79 Å². The molecule has 0 spiro atoms. The zero-order valence-electron chi connectivity index (χ0n) is 7.64. The van der Waals surface area contributed by atoms with Crippen molar-refractivity contribution in [1.29, 1.82) is 0 Å². The highest BCUT2D eigenvalue weighted by atomic mass is 79.9. The maximum Gasteiger partial charge on any atom is 0.223 e. The van der Waals surface area contributed by atoms with E-state index < -0.39 is 11.6 Å². The number of carbonyl (C=O) groups excluding carboxylic acids is 1. The summed E-state index contributed by atoms with van der Waals surface area (Å²) in [5.74, 6) is -1.74. The molecule has 0 N–H and O–H groups in total. The van der Waals surface area contributed by atoms with Crippen molar-refractivity contribution in [2.24, 2.45) is 0 Å². The Bertz CT molecular complexity index is 358. The number of halogens is 3. The van der Waals surface area contributed by atoms with Gasteiger partial charge in [0.1, 0.15) is 11.6 Å². The summed E-state index contributed by atoms with van der Waals surface area (Å²) in [6, 6.07) is 2.18. The van der Waals surface area contributed by atoms with Crippen molar-refractivity contribution in [3.63, 3.8) is 0 Å². The molecular weight excluding hydrogens is 256 g/mol. The van der Waals surface area contributed by atoms with Crippen LogP contribution in [-0.4, -0.2) is 13.0 Å². The minimum absolute atomic E-state index is 0.190. The lowest BCUT2D eigenvalue weighted by Gasteiger charge is -2.15. The molecule has 1 aromatic rings. The molecule has 0 aromatic heterocycles. The molecule has 1 amide bonds. The molecule has 0 aliphatic rings. The average Bonchev–Trinajstić information content (AvgIpc) is 2.12. The van der Waals surface area contributed by atoms with E-state index in [-0.39, 0.29) is 16.1 Å². The Labute approximate surface area is 88.6 Å². The predicted molar refractivity (Wildman–Crippen MR) is 53.1 cm³/mol. The van der Waals surface area contributed by atoms with Gasteiger partial charge in [0.05, 0.1) is 4.47 Å². The van der Waals surface area contributed by atoms with E-state index in [0.717, 1.165) is 12.1 Å². The lowest BCUT2D eigenvalue weighted by Crippen LogP contribution is -2.23. The van der Waals surface area contributed by atoms with Crippen molar-refractivity contribution in [2.45, 2.75) is 6.92 Å². The number of rotatable bonds is 1. The van der Waals surface area contributed by atoms with Gasteiger partial charge in [-0.25, -0.2) is 8.78 Å². The van der Waals surface area contributed by atoms with Crippen LogP contribution in [-0.2, 0) is 4.79 Å². The molecule has 14 heavy (non-hydrogen) atoms. The number of benzene rings is 1. The number of carbonyl (C=O) groups is 1. The molecule has 5 heteroatoms. The minimum atomic E-state index is -0.729. The van der Waals surface area contributed by atoms with E-state index in [4.69, 9.17) is 0 Å². The maximum absolute atomic E-state index is 13.0. The molecule has 1 rings (SSSR count). The van der Waals surface area contributed by atoms with E-state index in [9.17, 15) is 13.6 Å². The SMILES string of the molecule is CC(=O)N(C)c1cc(F)c(Br)c(F)c1. The first-order valence-electron chi connectivity index (χ1n) is 3.82. The monoisotopic (exact) mass is 263 g/mol. The van der Waals surface area contributed by atoms with Gasteiger partial charge in [-0.15, -0.1) is 0 Å². The number of anilines is 1. The van der Waals surface area contributed by atoms with E-state index in [2.05, 4.69) is 15.9 Å². The Hall–Kier alpha value is -0.970. The second-order valence-corrected chi connectivity index (χ2v) is 3.59. The number of amides is 1. The first-order valence-corrected chi connectivity index (χ1v) is 4.61. The Morgan fingerprint density at radius 3 is 2.14 bits per heavy atom. The normalized spacial score (nSPS) is 10.1. The van der Waals surface area contributed by atoms with Crippen LogP contribution in [0.4, 0.5) is 14.5 Å². The second kappa shape index (κ2) is 4.04. The zero-order chi connectivity index (χ0) is 10.9. The van der Waals surface area contributed by atoms with Crippen molar-refractivity contribution in [3.05, 3.63) is 28.2 Å². The topological polar surface area (TPSA) is 20.3 Å². The van der Waals surface area contributed by atoms with E-state index in [1.807, 2.05) is 0 Å². The third-order valence-corrected chi connectivity index (χ3v) is 2.59. The summed E-state index contributed by atoms with van der Waals surface area (Å²) >= 11 is 2.75. The van der Waals surface area contributed by atoms with E-state index >= 15 is 0 Å². The number of hydrogen-bond acceptors (Lipinski definition) is 1. The highest BCUT2D eigenvalue weighted by Gasteiger charge is 2.12. The van der Waals surface area contributed by atoms with Crippen molar-refractivity contribution < 1.29 is 13.6 Å². The molecule has 0 radical (unpaired) electrons. The maximum atomic E-state index is 13.0. The molecule has 0 heterocycles. The summed E-state index contributed by atoms with van der Waals surface area (Å²) in [4.78, 5) is 12.1. The fourth-order valence-corrected chi connectivity index (χ4v) is 1.15. The summed E-state index contributed by atoms with van der Waals surface area (Å²) in [6.07, 6.45) is 0. The van der Waals surface area contributed by atoms with Crippen LogP contribution in [0.1, 0.15) is 6.92 Å². The van der Waals surface area contributed by atoms with Gasteiger partial charge < -0.3 is 4.90 Å². The smallest absolute Gasteiger partial charge is 0.223 e. The van der Waals surface area contributed by atoms with Crippen LogP contribution in [0.5, 0.6) is 0 Å². The Morgan fingerprint density at radius 2 is 1.79 bits per heavy atom. The first kappa shape index (κ1) is 11.1. The lowest BCUT2D eigenvalue weighted by atomic mass is 10.3. The Morgan fingerprint density at radius 1 is 1.36 bits per heavy atom. The highest BCUT2D eigenvalue weighted by Crippen LogP contribution is 2.25.